The highest BCUT2D eigenvalue weighted by Gasteiger charge is 2.26. The van der Waals surface area contributed by atoms with E-state index in [-0.39, 0.29) is 13.6 Å². The van der Waals surface area contributed by atoms with E-state index in [1.807, 2.05) is 64.1 Å². The normalized spacial score (nSPS) is 13.5. The maximum Gasteiger partial charge on any atom is 0.167 e. The Bertz CT molecular complexity index is 1130. The van der Waals surface area contributed by atoms with Gasteiger partial charge in [-0.1, -0.05) is 164 Å². The van der Waals surface area contributed by atoms with E-state index >= 15 is 0 Å². The van der Waals surface area contributed by atoms with E-state index < -0.39 is 12.2 Å². The molecule has 2 atom stereocenters. The Kier molecular flexibility index (Phi) is 29.0. The van der Waals surface area contributed by atoms with Crippen molar-refractivity contribution in [2.75, 3.05) is 40.0 Å². The van der Waals surface area contributed by atoms with E-state index in [9.17, 15) is 0 Å². The summed E-state index contributed by atoms with van der Waals surface area (Å²) in [6.45, 7) is 14.7. The van der Waals surface area contributed by atoms with Crippen LogP contribution in [0, 0.1) is 0 Å². The number of hydrogen-bond donors (Lipinski definition) is 0. The van der Waals surface area contributed by atoms with Gasteiger partial charge >= 0.3 is 0 Å². The summed E-state index contributed by atoms with van der Waals surface area (Å²) in [5, 5.41) is 0. The Labute approximate surface area is 336 Å². The molecule has 7 nitrogen and oxygen atoms in total. The van der Waals surface area contributed by atoms with Crippen molar-refractivity contribution in [2.45, 2.75) is 169 Å². The molecule has 312 valence electrons. The molecule has 0 saturated heterocycles. The third kappa shape index (κ3) is 20.7. The minimum absolute atomic E-state index is 0.000927. The first-order valence-electron chi connectivity index (χ1n) is 22.0. The Morgan fingerprint density at radius 1 is 0.400 bits per heavy atom. The fourth-order valence-corrected chi connectivity index (χ4v) is 6.80. The Morgan fingerprint density at radius 2 is 0.727 bits per heavy atom. The van der Waals surface area contributed by atoms with Crippen molar-refractivity contribution in [1.29, 1.82) is 0 Å². The molecular formula is C48H78O7. The predicted molar refractivity (Wildman–Crippen MR) is 226 cm³/mol. The molecule has 2 aromatic carbocycles. The summed E-state index contributed by atoms with van der Waals surface area (Å²) in [5.74, 6) is 3.15. The van der Waals surface area contributed by atoms with Crippen molar-refractivity contribution in [3.05, 3.63) is 94.8 Å². The third-order valence-electron chi connectivity index (χ3n) is 9.62. The molecule has 7 heteroatoms. The SMILES string of the molecule is CCCCCCCCCCC(OCC)=C(OCC)C(OCOCOC(C(OCC)=C(CCCCCCCCCC)OCC)c1ccccc1)c1ccccc1. The highest BCUT2D eigenvalue weighted by molar-refractivity contribution is 5.27. The summed E-state index contributed by atoms with van der Waals surface area (Å²) >= 11 is 0. The fraction of sp³-hybridized carbons (Fsp3) is 0.667. The number of allylic oxidation sites excluding steroid dienone is 2. The zero-order valence-electron chi connectivity index (χ0n) is 35.8. The van der Waals surface area contributed by atoms with E-state index in [0.29, 0.717) is 37.9 Å². The molecule has 0 spiro atoms. The van der Waals surface area contributed by atoms with E-state index in [2.05, 4.69) is 38.1 Å². The van der Waals surface area contributed by atoms with Crippen LogP contribution in [0.3, 0.4) is 0 Å². The summed E-state index contributed by atoms with van der Waals surface area (Å²) in [6.07, 6.45) is 20.7. The van der Waals surface area contributed by atoms with Gasteiger partial charge in [-0.25, -0.2) is 0 Å². The molecule has 0 aliphatic heterocycles. The van der Waals surface area contributed by atoms with Gasteiger partial charge in [0.25, 0.3) is 0 Å². The molecule has 0 aliphatic rings. The molecule has 0 fully saturated rings. The molecule has 2 aromatic rings. The zero-order valence-corrected chi connectivity index (χ0v) is 35.8. The second-order valence-electron chi connectivity index (χ2n) is 14.1. The molecule has 0 heterocycles. The maximum absolute atomic E-state index is 6.51. The number of rotatable bonds is 36. The molecule has 0 radical (unpaired) electrons. The van der Waals surface area contributed by atoms with Crippen molar-refractivity contribution in [3.8, 4) is 0 Å². The van der Waals surface area contributed by atoms with Gasteiger partial charge in [0.1, 0.15) is 23.7 Å². The predicted octanol–water partition coefficient (Wildman–Crippen LogP) is 14.1. The van der Waals surface area contributed by atoms with Gasteiger partial charge in [-0.15, -0.1) is 0 Å². The van der Waals surface area contributed by atoms with Crippen LogP contribution in [0.25, 0.3) is 0 Å². The molecule has 2 unspecified atom stereocenters. The Hall–Kier alpha value is -3.00. The van der Waals surface area contributed by atoms with Crippen LogP contribution in [0.1, 0.15) is 180 Å². The monoisotopic (exact) mass is 767 g/mol. The average molecular weight is 767 g/mol. The first-order chi connectivity index (χ1) is 27.1. The van der Waals surface area contributed by atoms with Gasteiger partial charge in [-0.3, -0.25) is 0 Å². The first kappa shape index (κ1) is 48.1. The number of unbranched alkanes of at least 4 members (excludes halogenated alkanes) is 14. The van der Waals surface area contributed by atoms with Gasteiger partial charge in [0.15, 0.2) is 25.1 Å². The molecule has 0 aromatic heterocycles. The van der Waals surface area contributed by atoms with Crippen molar-refractivity contribution >= 4 is 0 Å². The summed E-state index contributed by atoms with van der Waals surface area (Å²) in [6, 6.07) is 20.4. The highest BCUT2D eigenvalue weighted by atomic mass is 16.7. The lowest BCUT2D eigenvalue weighted by Crippen LogP contribution is -2.18. The van der Waals surface area contributed by atoms with E-state index in [4.69, 9.17) is 33.2 Å². The van der Waals surface area contributed by atoms with Crippen molar-refractivity contribution in [1.82, 2.24) is 0 Å². The maximum atomic E-state index is 6.51. The van der Waals surface area contributed by atoms with Crippen LogP contribution in [-0.4, -0.2) is 40.0 Å². The summed E-state index contributed by atoms with van der Waals surface area (Å²) < 4.78 is 44.3. The topological polar surface area (TPSA) is 64.6 Å². The van der Waals surface area contributed by atoms with Crippen molar-refractivity contribution in [3.63, 3.8) is 0 Å². The average Bonchev–Trinajstić information content (AvgIpc) is 3.21. The van der Waals surface area contributed by atoms with Crippen LogP contribution in [0.2, 0.25) is 0 Å². The summed E-state index contributed by atoms with van der Waals surface area (Å²) in [7, 11) is 0. The van der Waals surface area contributed by atoms with Crippen molar-refractivity contribution < 1.29 is 33.2 Å². The molecule has 0 aliphatic carbocycles. The number of benzene rings is 2. The second kappa shape index (κ2) is 33.2. The number of ether oxygens (including phenoxy) is 7. The largest absolute Gasteiger partial charge is 0.495 e. The molecule has 0 N–H and O–H groups in total. The first-order valence-corrected chi connectivity index (χ1v) is 22.0. The standard InChI is InChI=1S/C48H78O7/c1-7-13-15-17-19-21-23-31-37-43(50-9-3)47(52-11-5)45(41-33-27-25-28-34-41)54-39-49-40-55-46(42-35-29-26-30-36-42)48(53-12-6)44(51-10-4)38-32-24-22-20-18-16-14-8-2/h25-30,33-36,45-46H,7-24,31-32,37-40H2,1-6H3. The Balaban J connectivity index is 2.19. The van der Waals surface area contributed by atoms with Gasteiger partial charge in [-0.2, -0.15) is 0 Å². The second-order valence-corrected chi connectivity index (χ2v) is 14.1. The van der Waals surface area contributed by atoms with Crippen LogP contribution in [0.15, 0.2) is 83.7 Å². The van der Waals surface area contributed by atoms with E-state index in [1.54, 1.807) is 0 Å². The summed E-state index contributed by atoms with van der Waals surface area (Å²) in [5.41, 5.74) is 1.96. The van der Waals surface area contributed by atoms with E-state index in [1.165, 1.54) is 89.9 Å². The van der Waals surface area contributed by atoms with Crippen LogP contribution in [0.4, 0.5) is 0 Å². The summed E-state index contributed by atoms with van der Waals surface area (Å²) in [4.78, 5) is 0. The van der Waals surface area contributed by atoms with Gasteiger partial charge in [-0.05, 0) is 51.7 Å². The van der Waals surface area contributed by atoms with Crippen LogP contribution in [0.5, 0.6) is 0 Å². The van der Waals surface area contributed by atoms with Gasteiger partial charge in [0.05, 0.1) is 26.4 Å². The van der Waals surface area contributed by atoms with Gasteiger partial charge < -0.3 is 33.2 Å². The smallest absolute Gasteiger partial charge is 0.167 e. The minimum Gasteiger partial charge on any atom is -0.495 e. The molecule has 0 bridgehead atoms. The molecule has 55 heavy (non-hydrogen) atoms. The van der Waals surface area contributed by atoms with Crippen LogP contribution in [-0.2, 0) is 33.2 Å². The number of hydrogen-bond acceptors (Lipinski definition) is 7. The molecular weight excluding hydrogens is 689 g/mol. The Morgan fingerprint density at radius 3 is 1.05 bits per heavy atom. The lowest BCUT2D eigenvalue weighted by Gasteiger charge is -2.26. The van der Waals surface area contributed by atoms with Crippen molar-refractivity contribution in [2.24, 2.45) is 0 Å². The molecule has 0 amide bonds. The van der Waals surface area contributed by atoms with Gasteiger partial charge in [0, 0.05) is 12.8 Å². The van der Waals surface area contributed by atoms with E-state index in [0.717, 1.165) is 48.3 Å². The molecule has 2 rings (SSSR count). The quantitative estimate of drug-likeness (QED) is 0.0389. The molecule has 0 saturated carbocycles. The lowest BCUT2D eigenvalue weighted by molar-refractivity contribution is -0.167. The zero-order chi connectivity index (χ0) is 39.6. The minimum atomic E-state index is -0.489. The van der Waals surface area contributed by atoms with Crippen LogP contribution < -0.4 is 0 Å². The highest BCUT2D eigenvalue weighted by Crippen LogP contribution is 2.34. The third-order valence-corrected chi connectivity index (χ3v) is 9.62. The fourth-order valence-electron chi connectivity index (χ4n) is 6.80. The van der Waals surface area contributed by atoms with Gasteiger partial charge in [0.2, 0.25) is 0 Å². The lowest BCUT2D eigenvalue weighted by atomic mass is 10.0. The van der Waals surface area contributed by atoms with Crippen LogP contribution >= 0.6 is 0 Å².